The predicted octanol–water partition coefficient (Wildman–Crippen LogP) is 2.81. The van der Waals surface area contributed by atoms with E-state index in [1.54, 1.807) is 0 Å². The second-order valence-corrected chi connectivity index (χ2v) is 13.1. The third-order valence-electron chi connectivity index (χ3n) is 8.63. The number of benzene rings is 2. The Morgan fingerprint density at radius 3 is 1.95 bits per heavy atom. The Kier molecular flexibility index (Phi) is 18.5. The van der Waals surface area contributed by atoms with Crippen molar-refractivity contribution in [2.75, 3.05) is 6.54 Å². The van der Waals surface area contributed by atoms with E-state index in [0.29, 0.717) is 17.7 Å². The minimum Gasteiger partial charge on any atom is -0.481 e. The summed E-state index contributed by atoms with van der Waals surface area (Å²) in [6.07, 6.45) is -2.22. The number of amides is 2. The van der Waals surface area contributed by atoms with Crippen molar-refractivity contribution in [3.05, 3.63) is 87.7 Å². The zero-order chi connectivity index (χ0) is 41.9. The molecule has 0 aliphatic heterocycles. The van der Waals surface area contributed by atoms with Gasteiger partial charge in [0.1, 0.15) is 11.6 Å². The summed E-state index contributed by atoms with van der Waals surface area (Å²) < 4.78 is 14.1. The molecule has 0 saturated carbocycles. The number of carboxylic acid groups (broad SMARTS) is 3. The second-order valence-electron chi connectivity index (χ2n) is 13.1. The standard InChI is InChI=1S/C38H42FN3O14/c1-22(43)25(7-12-34(47)48)20-33(46)32(17-23-5-9-29(10-6-23)42(55)56)41-38(54)27(15-24-3-2-4-28(39)16-24)19-31(45)21-40-37(53)26(8-13-35(49)50)18-30(44)11-14-36(51)52/h2-6,9-11,14,16,25-27,32H,7-8,12-13,15,17-21H2,1H3,(H,40,53)(H,41,54)(H,47,48)(H,49,50)(H,51,52)/b14-11-/t25-,26-,27-,32+/m1/s1. The fourth-order valence-electron chi connectivity index (χ4n) is 5.64. The highest BCUT2D eigenvalue weighted by Crippen LogP contribution is 2.21. The molecule has 2 rings (SSSR count). The molecule has 4 atom stereocenters. The van der Waals surface area contributed by atoms with Crippen LogP contribution in [0.1, 0.15) is 63.0 Å². The summed E-state index contributed by atoms with van der Waals surface area (Å²) in [6.45, 7) is 0.495. The molecule has 0 aliphatic rings. The van der Waals surface area contributed by atoms with E-state index in [1.165, 1.54) is 43.3 Å². The molecule has 2 amide bonds. The lowest BCUT2D eigenvalue weighted by Gasteiger charge is -2.24. The quantitative estimate of drug-likeness (QED) is 0.0521. The molecule has 2 aromatic rings. The van der Waals surface area contributed by atoms with Gasteiger partial charge in [-0.05, 0) is 61.9 Å². The second kappa shape index (κ2) is 22.7. The van der Waals surface area contributed by atoms with Crippen molar-refractivity contribution in [3.8, 4) is 0 Å². The van der Waals surface area contributed by atoms with Crippen LogP contribution in [0, 0.1) is 33.7 Å². The molecule has 56 heavy (non-hydrogen) atoms. The number of non-ortho nitro benzene ring substituents is 1. The molecule has 0 fully saturated rings. The number of hydrogen-bond acceptors (Lipinski definition) is 11. The first-order valence-electron chi connectivity index (χ1n) is 17.3. The van der Waals surface area contributed by atoms with Crippen molar-refractivity contribution in [2.24, 2.45) is 17.8 Å². The Bertz CT molecular complexity index is 1840. The van der Waals surface area contributed by atoms with Gasteiger partial charge in [-0.1, -0.05) is 24.3 Å². The van der Waals surface area contributed by atoms with Gasteiger partial charge in [0.05, 0.1) is 17.5 Å². The van der Waals surface area contributed by atoms with E-state index in [2.05, 4.69) is 10.6 Å². The molecule has 0 bridgehead atoms. The highest BCUT2D eigenvalue weighted by atomic mass is 19.1. The molecule has 300 valence electrons. The first kappa shape index (κ1) is 45.7. The number of nitro groups is 1. The minimum absolute atomic E-state index is 0.165. The van der Waals surface area contributed by atoms with Crippen LogP contribution in [-0.2, 0) is 56.0 Å². The van der Waals surface area contributed by atoms with Gasteiger partial charge in [0.15, 0.2) is 17.3 Å². The van der Waals surface area contributed by atoms with Crippen molar-refractivity contribution < 1.29 is 67.8 Å². The molecule has 0 saturated heterocycles. The van der Waals surface area contributed by atoms with Gasteiger partial charge in [-0.25, -0.2) is 9.18 Å². The van der Waals surface area contributed by atoms with Crippen LogP contribution in [0.3, 0.4) is 0 Å². The molecule has 5 N–H and O–H groups in total. The topological polar surface area (TPSA) is 282 Å². The first-order chi connectivity index (χ1) is 26.3. The average Bonchev–Trinajstić information content (AvgIpc) is 3.12. The molecule has 0 aromatic heterocycles. The van der Waals surface area contributed by atoms with E-state index in [9.17, 15) is 57.7 Å². The van der Waals surface area contributed by atoms with Gasteiger partial charge >= 0.3 is 17.9 Å². The Balaban J connectivity index is 2.36. The van der Waals surface area contributed by atoms with Gasteiger partial charge in [0.2, 0.25) is 11.8 Å². The molecule has 0 aliphatic carbocycles. The van der Waals surface area contributed by atoms with Gasteiger partial charge in [-0.2, -0.15) is 0 Å². The summed E-state index contributed by atoms with van der Waals surface area (Å²) in [4.78, 5) is 122. The maximum atomic E-state index is 14.1. The number of carbonyl (C=O) groups is 9. The van der Waals surface area contributed by atoms with Gasteiger partial charge in [-0.15, -0.1) is 0 Å². The Labute approximate surface area is 319 Å². The molecule has 0 spiro atoms. The summed E-state index contributed by atoms with van der Waals surface area (Å²) in [6, 6.07) is 8.82. The van der Waals surface area contributed by atoms with Crippen molar-refractivity contribution in [1.82, 2.24) is 10.6 Å². The Morgan fingerprint density at radius 2 is 1.39 bits per heavy atom. The largest absolute Gasteiger partial charge is 0.481 e. The first-order valence-corrected chi connectivity index (χ1v) is 17.3. The average molecular weight is 784 g/mol. The highest BCUT2D eigenvalue weighted by Gasteiger charge is 2.31. The van der Waals surface area contributed by atoms with Crippen LogP contribution in [0.25, 0.3) is 0 Å². The molecule has 2 aromatic carbocycles. The lowest BCUT2D eigenvalue weighted by atomic mass is 9.88. The summed E-state index contributed by atoms with van der Waals surface area (Å²) in [5, 5.41) is 43.0. The number of hydrogen-bond donors (Lipinski definition) is 5. The van der Waals surface area contributed by atoms with E-state index in [1.807, 2.05) is 0 Å². The van der Waals surface area contributed by atoms with Gasteiger partial charge < -0.3 is 26.0 Å². The fraction of sp³-hybridized carbons (Fsp3) is 0.395. The number of carbonyl (C=O) groups excluding carboxylic acids is 6. The molecular formula is C38H42FN3O14. The van der Waals surface area contributed by atoms with Crippen molar-refractivity contribution in [1.29, 1.82) is 0 Å². The molecule has 0 heterocycles. The SMILES string of the molecule is CC(=O)[C@H](CCC(=O)O)CC(=O)[C@H](Cc1ccc([N+](=O)[O-])cc1)NC(=O)[C@@H](CC(=O)CNC(=O)[C@H](CCC(=O)O)CC(=O)/C=C\C(=O)O)Cc1cccc(F)c1. The number of rotatable bonds is 26. The van der Waals surface area contributed by atoms with Crippen molar-refractivity contribution >= 4 is 58.5 Å². The maximum absolute atomic E-state index is 14.1. The van der Waals surface area contributed by atoms with Crippen LogP contribution in [-0.4, -0.2) is 85.7 Å². The number of nitrogens with one attached hydrogen (secondary N) is 2. The van der Waals surface area contributed by atoms with Crippen LogP contribution in [0.15, 0.2) is 60.7 Å². The highest BCUT2D eigenvalue weighted by molar-refractivity contribution is 5.98. The van der Waals surface area contributed by atoms with Crippen molar-refractivity contribution in [3.63, 3.8) is 0 Å². The van der Waals surface area contributed by atoms with Crippen LogP contribution in [0.2, 0.25) is 0 Å². The zero-order valence-corrected chi connectivity index (χ0v) is 30.3. The van der Waals surface area contributed by atoms with Gasteiger partial charge in [0.25, 0.3) is 5.69 Å². The molecule has 0 unspecified atom stereocenters. The predicted molar refractivity (Wildman–Crippen MR) is 192 cm³/mol. The minimum atomic E-state index is -1.43. The molecule has 18 heteroatoms. The van der Waals surface area contributed by atoms with Gasteiger partial charge in [0, 0.05) is 68.1 Å². The van der Waals surface area contributed by atoms with Gasteiger partial charge in [-0.3, -0.25) is 48.5 Å². The van der Waals surface area contributed by atoms with Crippen LogP contribution in [0.5, 0.6) is 0 Å². The summed E-state index contributed by atoms with van der Waals surface area (Å²) in [5.74, 6) is -12.5. The summed E-state index contributed by atoms with van der Waals surface area (Å²) in [7, 11) is 0. The summed E-state index contributed by atoms with van der Waals surface area (Å²) >= 11 is 0. The Morgan fingerprint density at radius 1 is 0.768 bits per heavy atom. The van der Waals surface area contributed by atoms with E-state index in [-0.39, 0.29) is 36.9 Å². The number of aliphatic carboxylic acids is 3. The molecule has 0 radical (unpaired) electrons. The van der Waals surface area contributed by atoms with E-state index in [4.69, 9.17) is 15.3 Å². The van der Waals surface area contributed by atoms with Crippen molar-refractivity contribution in [2.45, 2.75) is 70.8 Å². The normalized spacial score (nSPS) is 13.1. The number of nitrogens with zero attached hydrogens (tertiary/aromatic N) is 1. The lowest BCUT2D eigenvalue weighted by molar-refractivity contribution is -0.384. The number of carboxylic acids is 3. The third-order valence-corrected chi connectivity index (χ3v) is 8.63. The third kappa shape index (κ3) is 17.1. The number of halogens is 1. The van der Waals surface area contributed by atoms with Crippen LogP contribution in [0.4, 0.5) is 10.1 Å². The Hall–Kier alpha value is -6.46. The fourth-order valence-corrected chi connectivity index (χ4v) is 5.64. The molecule has 17 nitrogen and oxygen atoms in total. The van der Waals surface area contributed by atoms with E-state index >= 15 is 0 Å². The number of ketones is 4. The number of allylic oxidation sites excluding steroid dienone is 1. The lowest BCUT2D eigenvalue weighted by Crippen LogP contribution is -2.47. The summed E-state index contributed by atoms with van der Waals surface area (Å²) in [5.41, 5.74) is 0.405. The number of nitro benzene ring substituents is 1. The monoisotopic (exact) mass is 783 g/mol. The zero-order valence-electron chi connectivity index (χ0n) is 30.3. The van der Waals surface area contributed by atoms with Crippen LogP contribution < -0.4 is 10.6 Å². The number of Topliss-reactive ketones (excluding diaryl/α,β-unsaturated/α-hetero) is 3. The van der Waals surface area contributed by atoms with E-state index < -0.39 is 126 Å². The maximum Gasteiger partial charge on any atom is 0.328 e. The molecular weight excluding hydrogens is 741 g/mol. The smallest absolute Gasteiger partial charge is 0.328 e. The van der Waals surface area contributed by atoms with E-state index in [0.717, 1.165) is 12.1 Å². The van der Waals surface area contributed by atoms with Crippen LogP contribution >= 0.6 is 0 Å².